The summed E-state index contributed by atoms with van der Waals surface area (Å²) < 4.78 is 43.9. The van der Waals surface area contributed by atoms with Crippen LogP contribution in [-0.4, -0.2) is 32.1 Å². The number of halogens is 2. The molecule has 0 radical (unpaired) electrons. The third-order valence-corrected chi connectivity index (χ3v) is 6.55. The normalized spacial score (nSPS) is 14.5. The molecule has 148 valence electrons. The first-order valence-electron chi connectivity index (χ1n) is 8.22. The second-order valence-electron chi connectivity index (χ2n) is 6.23. The Labute approximate surface area is 165 Å². The van der Waals surface area contributed by atoms with Crippen molar-refractivity contribution in [3.8, 4) is 5.75 Å². The molecule has 0 fully saturated rings. The third-order valence-electron chi connectivity index (χ3n) is 4.12. The van der Waals surface area contributed by atoms with E-state index in [9.17, 15) is 22.4 Å². The summed E-state index contributed by atoms with van der Waals surface area (Å²) in [5.41, 5.74) is 0.518. The highest BCUT2D eigenvalue weighted by Gasteiger charge is 2.28. The third kappa shape index (κ3) is 4.26. The summed E-state index contributed by atoms with van der Waals surface area (Å²) in [6.45, 7) is 1.27. The molecule has 0 saturated carbocycles. The Morgan fingerprint density at radius 2 is 2.07 bits per heavy atom. The van der Waals surface area contributed by atoms with E-state index in [1.807, 2.05) is 0 Å². The van der Waals surface area contributed by atoms with E-state index < -0.39 is 26.8 Å². The van der Waals surface area contributed by atoms with Gasteiger partial charge in [0.05, 0.1) is 20.9 Å². The lowest BCUT2D eigenvalue weighted by Crippen LogP contribution is -2.27. The minimum absolute atomic E-state index is 0.0397. The first-order chi connectivity index (χ1) is 13.2. The highest BCUT2D eigenvalue weighted by atomic mass is 35.5. The van der Waals surface area contributed by atoms with Gasteiger partial charge in [0, 0.05) is 12.1 Å². The average Bonchev–Trinajstić information content (AvgIpc) is 2.64. The van der Waals surface area contributed by atoms with E-state index in [1.54, 1.807) is 0 Å². The number of nitrogens with one attached hydrogen (secondary N) is 2. The lowest BCUT2D eigenvalue weighted by atomic mass is 10.2. The molecule has 7 nitrogen and oxygen atoms in total. The van der Waals surface area contributed by atoms with Crippen molar-refractivity contribution in [2.45, 2.75) is 23.5 Å². The Kier molecular flexibility index (Phi) is 5.57. The molecule has 2 aromatic rings. The van der Waals surface area contributed by atoms with Gasteiger partial charge in [0.25, 0.3) is 5.91 Å². The van der Waals surface area contributed by atoms with Crippen LogP contribution in [0.2, 0.25) is 5.02 Å². The lowest BCUT2D eigenvalue weighted by molar-refractivity contribution is -0.118. The van der Waals surface area contributed by atoms with Gasteiger partial charge in [-0.15, -0.1) is 0 Å². The summed E-state index contributed by atoms with van der Waals surface area (Å²) >= 11 is 5.66. The number of rotatable bonds is 5. The van der Waals surface area contributed by atoms with Crippen LogP contribution in [-0.2, 0) is 19.4 Å². The van der Waals surface area contributed by atoms with Crippen LogP contribution in [0.15, 0.2) is 41.3 Å². The van der Waals surface area contributed by atoms with Crippen LogP contribution in [0.3, 0.4) is 0 Å². The van der Waals surface area contributed by atoms with Crippen molar-refractivity contribution in [3.63, 3.8) is 0 Å². The zero-order valence-electron chi connectivity index (χ0n) is 14.7. The maximum Gasteiger partial charge on any atom is 0.262 e. The van der Waals surface area contributed by atoms with E-state index in [4.69, 9.17) is 16.3 Å². The van der Waals surface area contributed by atoms with E-state index in [2.05, 4.69) is 10.6 Å². The first-order valence-corrected chi connectivity index (χ1v) is 10.1. The lowest BCUT2D eigenvalue weighted by Gasteiger charge is -2.19. The summed E-state index contributed by atoms with van der Waals surface area (Å²) in [5, 5.41) is 3.84. The molecule has 0 aliphatic carbocycles. The van der Waals surface area contributed by atoms with Gasteiger partial charge in [-0.3, -0.25) is 9.59 Å². The van der Waals surface area contributed by atoms with Crippen LogP contribution in [0, 0.1) is 5.82 Å². The number of fused-ring (bicyclic) bond motifs is 1. The highest BCUT2D eigenvalue weighted by Crippen LogP contribution is 2.31. The summed E-state index contributed by atoms with van der Waals surface area (Å²) in [6.07, 6.45) is -0.322. The molecular weight excluding hydrogens is 411 g/mol. The van der Waals surface area contributed by atoms with E-state index in [-0.39, 0.29) is 40.2 Å². The minimum atomic E-state index is -3.85. The molecule has 10 heteroatoms. The van der Waals surface area contributed by atoms with E-state index >= 15 is 0 Å². The average molecular weight is 427 g/mol. The van der Waals surface area contributed by atoms with Gasteiger partial charge in [-0.25, -0.2) is 12.8 Å². The Morgan fingerprint density at radius 1 is 1.32 bits per heavy atom. The fourth-order valence-electron chi connectivity index (χ4n) is 2.63. The SMILES string of the molecule is CC(CC(=O)Nc1ccc(F)c(Cl)c1)S(=O)(=O)c1ccc2c(c1)NC(=O)CO2. The number of sulfone groups is 1. The number of carbonyl (C=O) groups excluding carboxylic acids is 2. The predicted octanol–water partition coefficient (Wildman–Crippen LogP) is 3.00. The molecular formula is C18H16ClFN2O5S. The monoisotopic (exact) mass is 426 g/mol. The van der Waals surface area contributed by atoms with Crippen molar-refractivity contribution in [3.05, 3.63) is 47.2 Å². The number of amides is 2. The molecule has 2 N–H and O–H groups in total. The number of carbonyl (C=O) groups is 2. The molecule has 1 aliphatic rings. The summed E-state index contributed by atoms with van der Waals surface area (Å²) in [5.74, 6) is -1.20. The molecule has 1 aliphatic heterocycles. The summed E-state index contributed by atoms with van der Waals surface area (Å²) in [6, 6.07) is 7.77. The van der Waals surface area contributed by atoms with Gasteiger partial charge in [-0.1, -0.05) is 11.6 Å². The maximum atomic E-state index is 13.2. The van der Waals surface area contributed by atoms with E-state index in [1.165, 1.54) is 37.3 Å². The molecule has 2 aromatic carbocycles. The van der Waals surface area contributed by atoms with Crippen molar-refractivity contribution in [2.75, 3.05) is 17.2 Å². The van der Waals surface area contributed by atoms with E-state index in [0.717, 1.165) is 6.07 Å². The molecule has 0 aromatic heterocycles. The standard InChI is InChI=1S/C18H16ClFN2O5S/c1-10(6-17(23)21-11-2-4-14(20)13(19)7-11)28(25,26)12-3-5-16-15(8-12)22-18(24)9-27-16/h2-5,7-8,10H,6,9H2,1H3,(H,21,23)(H,22,24). The van der Waals surface area contributed by atoms with Gasteiger partial charge in [-0.05, 0) is 43.3 Å². The number of hydrogen-bond acceptors (Lipinski definition) is 5. The Hall–Kier alpha value is -2.65. The van der Waals surface area contributed by atoms with Gasteiger partial charge in [-0.2, -0.15) is 0 Å². The van der Waals surface area contributed by atoms with Crippen LogP contribution < -0.4 is 15.4 Å². The van der Waals surface area contributed by atoms with Crippen LogP contribution >= 0.6 is 11.6 Å². The van der Waals surface area contributed by atoms with Crippen LogP contribution in [0.5, 0.6) is 5.75 Å². The Morgan fingerprint density at radius 3 is 2.79 bits per heavy atom. The first kappa shape index (κ1) is 20.1. The fraction of sp³-hybridized carbons (Fsp3) is 0.222. The van der Waals surface area contributed by atoms with Crippen molar-refractivity contribution in [1.29, 1.82) is 0 Å². The molecule has 3 rings (SSSR count). The summed E-state index contributed by atoms with van der Waals surface area (Å²) in [4.78, 5) is 23.6. The largest absolute Gasteiger partial charge is 0.482 e. The molecule has 1 unspecified atom stereocenters. The molecule has 0 saturated heterocycles. The zero-order valence-corrected chi connectivity index (χ0v) is 16.2. The summed E-state index contributed by atoms with van der Waals surface area (Å²) in [7, 11) is -3.85. The Bertz CT molecular complexity index is 1060. The second-order valence-corrected chi connectivity index (χ2v) is 9.00. The Balaban J connectivity index is 1.73. The van der Waals surface area contributed by atoms with Gasteiger partial charge in [0.15, 0.2) is 16.4 Å². The van der Waals surface area contributed by atoms with Crippen molar-refractivity contribution >= 4 is 44.6 Å². The molecule has 1 atom stereocenters. The smallest absolute Gasteiger partial charge is 0.262 e. The minimum Gasteiger partial charge on any atom is -0.482 e. The molecule has 1 heterocycles. The van der Waals surface area contributed by atoms with Crippen LogP contribution in [0.25, 0.3) is 0 Å². The second kappa shape index (κ2) is 7.76. The maximum absolute atomic E-state index is 13.2. The fourth-order valence-corrected chi connectivity index (χ4v) is 4.18. The molecule has 28 heavy (non-hydrogen) atoms. The van der Waals surface area contributed by atoms with E-state index in [0.29, 0.717) is 5.75 Å². The quantitative estimate of drug-likeness (QED) is 0.765. The number of benzene rings is 2. The topological polar surface area (TPSA) is 102 Å². The van der Waals surface area contributed by atoms with Crippen LogP contribution in [0.1, 0.15) is 13.3 Å². The highest BCUT2D eigenvalue weighted by molar-refractivity contribution is 7.92. The van der Waals surface area contributed by atoms with Crippen molar-refractivity contribution in [2.24, 2.45) is 0 Å². The number of hydrogen-bond donors (Lipinski definition) is 2. The molecule has 0 bridgehead atoms. The number of anilines is 2. The van der Waals surface area contributed by atoms with Crippen LogP contribution in [0.4, 0.5) is 15.8 Å². The van der Waals surface area contributed by atoms with Crippen molar-refractivity contribution in [1.82, 2.24) is 0 Å². The van der Waals surface area contributed by atoms with Gasteiger partial charge >= 0.3 is 0 Å². The van der Waals surface area contributed by atoms with Gasteiger partial charge in [0.2, 0.25) is 5.91 Å². The molecule has 2 amide bonds. The zero-order chi connectivity index (χ0) is 20.5. The predicted molar refractivity (Wildman–Crippen MR) is 102 cm³/mol. The molecule has 0 spiro atoms. The number of ether oxygens (including phenoxy) is 1. The van der Waals surface area contributed by atoms with Crippen molar-refractivity contribution < 1.29 is 27.1 Å². The van der Waals surface area contributed by atoms with Gasteiger partial charge < -0.3 is 15.4 Å². The van der Waals surface area contributed by atoms with Gasteiger partial charge in [0.1, 0.15) is 11.6 Å².